The predicted octanol–water partition coefficient (Wildman–Crippen LogP) is 2.10. The average Bonchev–Trinajstić information content (AvgIpc) is 2.27. The van der Waals surface area contributed by atoms with Gasteiger partial charge in [-0.05, 0) is 18.4 Å². The molecule has 3 nitrogen and oxygen atoms in total. The molecular formula is C13H21NO2. The molecule has 0 radical (unpaired) electrons. The van der Waals surface area contributed by atoms with Crippen LogP contribution in [-0.4, -0.2) is 18.3 Å². The van der Waals surface area contributed by atoms with Gasteiger partial charge in [0.2, 0.25) is 0 Å². The maximum Gasteiger partial charge on any atom is 0.123 e. The van der Waals surface area contributed by atoms with Crippen LogP contribution in [0.5, 0.6) is 5.75 Å². The molecule has 16 heavy (non-hydrogen) atoms. The number of rotatable bonds is 5. The summed E-state index contributed by atoms with van der Waals surface area (Å²) in [5, 5.41) is 9.98. The van der Waals surface area contributed by atoms with Crippen LogP contribution in [0.4, 0.5) is 0 Å². The molecule has 0 unspecified atom stereocenters. The fourth-order valence-electron chi connectivity index (χ4n) is 1.78. The summed E-state index contributed by atoms with van der Waals surface area (Å²) in [5.74, 6) is 1.16. The van der Waals surface area contributed by atoms with Crippen LogP contribution in [0.25, 0.3) is 0 Å². The van der Waals surface area contributed by atoms with Gasteiger partial charge in [0.25, 0.3) is 0 Å². The Morgan fingerprint density at radius 3 is 2.50 bits per heavy atom. The number of nitrogens with two attached hydrogens (primary N) is 1. The molecule has 0 spiro atoms. The van der Waals surface area contributed by atoms with Gasteiger partial charge in [0.05, 0.1) is 19.3 Å². The molecule has 0 aliphatic carbocycles. The van der Waals surface area contributed by atoms with E-state index in [-0.39, 0.29) is 0 Å². The third-order valence-electron chi connectivity index (χ3n) is 2.63. The maximum absolute atomic E-state index is 9.98. The normalized spacial score (nSPS) is 14.9. The monoisotopic (exact) mass is 223 g/mol. The number of methoxy groups -OCH3 is 1. The highest BCUT2D eigenvalue weighted by atomic mass is 16.5. The van der Waals surface area contributed by atoms with Crippen LogP contribution in [0.1, 0.15) is 31.9 Å². The minimum atomic E-state index is -0.531. The van der Waals surface area contributed by atoms with Crippen LogP contribution in [0.15, 0.2) is 24.3 Å². The smallest absolute Gasteiger partial charge is 0.123 e. The lowest BCUT2D eigenvalue weighted by molar-refractivity contribution is 0.120. The Kier molecular flexibility index (Phi) is 4.77. The van der Waals surface area contributed by atoms with E-state index in [1.807, 2.05) is 24.3 Å². The van der Waals surface area contributed by atoms with Crippen LogP contribution >= 0.6 is 0 Å². The summed E-state index contributed by atoms with van der Waals surface area (Å²) < 4.78 is 5.23. The summed E-state index contributed by atoms with van der Waals surface area (Å²) in [4.78, 5) is 0. The molecule has 1 aromatic rings. The quantitative estimate of drug-likeness (QED) is 0.803. The number of hydrogen-bond acceptors (Lipinski definition) is 3. The van der Waals surface area contributed by atoms with Gasteiger partial charge in [0.1, 0.15) is 5.75 Å². The molecule has 3 heteroatoms. The molecule has 0 aromatic heterocycles. The Morgan fingerprint density at radius 2 is 1.94 bits per heavy atom. The van der Waals surface area contributed by atoms with E-state index in [1.54, 1.807) is 7.11 Å². The Hall–Kier alpha value is -1.06. The van der Waals surface area contributed by atoms with Gasteiger partial charge < -0.3 is 15.6 Å². The van der Waals surface area contributed by atoms with Gasteiger partial charge in [-0.2, -0.15) is 0 Å². The molecule has 0 saturated heterocycles. The first-order valence-electron chi connectivity index (χ1n) is 5.62. The molecule has 0 amide bonds. The third kappa shape index (κ3) is 3.22. The van der Waals surface area contributed by atoms with Crippen LogP contribution in [0, 0.1) is 5.92 Å². The number of ether oxygens (including phenoxy) is 1. The first-order chi connectivity index (χ1) is 7.56. The third-order valence-corrected chi connectivity index (χ3v) is 2.63. The van der Waals surface area contributed by atoms with E-state index in [0.29, 0.717) is 12.3 Å². The summed E-state index contributed by atoms with van der Waals surface area (Å²) in [5.41, 5.74) is 6.89. The highest BCUT2D eigenvalue weighted by Gasteiger charge is 2.20. The van der Waals surface area contributed by atoms with Gasteiger partial charge in [-0.3, -0.25) is 0 Å². The lowest BCUT2D eigenvalue weighted by atomic mass is 9.95. The zero-order valence-corrected chi connectivity index (χ0v) is 10.2. The molecule has 0 bridgehead atoms. The second-order valence-electron chi connectivity index (χ2n) is 4.46. The molecule has 3 N–H and O–H groups in total. The van der Waals surface area contributed by atoms with Gasteiger partial charge in [0.15, 0.2) is 0 Å². The zero-order chi connectivity index (χ0) is 12.1. The van der Waals surface area contributed by atoms with Gasteiger partial charge in [-0.15, -0.1) is 0 Å². The van der Waals surface area contributed by atoms with Crippen molar-refractivity contribution >= 4 is 0 Å². The molecule has 0 fully saturated rings. The minimum Gasteiger partial charge on any atom is -0.496 e. The van der Waals surface area contributed by atoms with Crippen molar-refractivity contribution in [2.24, 2.45) is 11.7 Å². The topological polar surface area (TPSA) is 55.5 Å². The van der Waals surface area contributed by atoms with Crippen molar-refractivity contribution in [1.29, 1.82) is 0 Å². The van der Waals surface area contributed by atoms with Crippen molar-refractivity contribution in [2.75, 3.05) is 7.11 Å². The molecule has 1 aromatic carbocycles. The van der Waals surface area contributed by atoms with E-state index in [9.17, 15) is 5.11 Å². The Labute approximate surface area is 97.2 Å². The first-order valence-corrected chi connectivity index (χ1v) is 5.62. The molecular weight excluding hydrogens is 202 g/mol. The van der Waals surface area contributed by atoms with Crippen molar-refractivity contribution in [3.05, 3.63) is 29.8 Å². The number of aliphatic hydroxyl groups is 1. The summed E-state index contributed by atoms with van der Waals surface area (Å²) in [7, 11) is 1.61. The van der Waals surface area contributed by atoms with E-state index in [4.69, 9.17) is 10.5 Å². The number of aliphatic hydroxyl groups excluding tert-OH is 1. The second kappa shape index (κ2) is 5.87. The van der Waals surface area contributed by atoms with Gasteiger partial charge in [-0.1, -0.05) is 32.0 Å². The average molecular weight is 223 g/mol. The van der Waals surface area contributed by atoms with Gasteiger partial charge in [-0.25, -0.2) is 0 Å². The molecule has 90 valence electrons. The molecule has 0 aliphatic rings. The van der Waals surface area contributed by atoms with E-state index >= 15 is 0 Å². The largest absolute Gasteiger partial charge is 0.496 e. The molecule has 0 saturated carbocycles. The summed E-state index contributed by atoms with van der Waals surface area (Å²) >= 11 is 0. The standard InChI is InChI=1S/C13H21NO2/c1-9(2)8-11(15)13(14)10-6-4-5-7-12(10)16-3/h4-7,9,11,13,15H,8,14H2,1-3H3/t11-,13+/m1/s1. The van der Waals surface area contributed by atoms with Crippen LogP contribution in [-0.2, 0) is 0 Å². The number of benzene rings is 1. The molecule has 0 heterocycles. The van der Waals surface area contributed by atoms with Gasteiger partial charge in [0, 0.05) is 5.56 Å². The second-order valence-corrected chi connectivity index (χ2v) is 4.46. The fraction of sp³-hybridized carbons (Fsp3) is 0.538. The summed E-state index contributed by atoms with van der Waals surface area (Å²) in [6.45, 7) is 4.14. The van der Waals surface area contributed by atoms with Crippen LogP contribution in [0.3, 0.4) is 0 Å². The summed E-state index contributed by atoms with van der Waals surface area (Å²) in [6.07, 6.45) is 0.162. The Bertz CT molecular complexity index is 325. The highest BCUT2D eigenvalue weighted by molar-refractivity contribution is 5.36. The van der Waals surface area contributed by atoms with Crippen LogP contribution < -0.4 is 10.5 Å². The predicted molar refractivity (Wildman–Crippen MR) is 65.4 cm³/mol. The van der Waals surface area contributed by atoms with Crippen molar-refractivity contribution < 1.29 is 9.84 Å². The molecule has 1 rings (SSSR count). The zero-order valence-electron chi connectivity index (χ0n) is 10.2. The van der Waals surface area contributed by atoms with E-state index in [2.05, 4.69) is 13.8 Å². The number of para-hydroxylation sites is 1. The molecule has 2 atom stereocenters. The van der Waals surface area contributed by atoms with E-state index in [0.717, 1.165) is 11.3 Å². The van der Waals surface area contributed by atoms with Crippen molar-refractivity contribution in [3.8, 4) is 5.75 Å². The lowest BCUT2D eigenvalue weighted by Gasteiger charge is -2.22. The maximum atomic E-state index is 9.98. The molecule has 0 aliphatic heterocycles. The Balaban J connectivity index is 2.82. The van der Waals surface area contributed by atoms with Crippen molar-refractivity contribution in [2.45, 2.75) is 32.4 Å². The SMILES string of the molecule is COc1ccccc1[C@H](N)[C@H](O)CC(C)C. The lowest BCUT2D eigenvalue weighted by Crippen LogP contribution is -2.27. The fourth-order valence-corrected chi connectivity index (χ4v) is 1.78. The minimum absolute atomic E-state index is 0.390. The summed E-state index contributed by atoms with van der Waals surface area (Å²) in [6, 6.07) is 7.16. The number of hydrogen-bond donors (Lipinski definition) is 2. The Morgan fingerprint density at radius 1 is 1.31 bits per heavy atom. The van der Waals surface area contributed by atoms with E-state index in [1.165, 1.54) is 0 Å². The van der Waals surface area contributed by atoms with Crippen molar-refractivity contribution in [1.82, 2.24) is 0 Å². The first kappa shape index (κ1) is 13.0. The van der Waals surface area contributed by atoms with Gasteiger partial charge >= 0.3 is 0 Å². The highest BCUT2D eigenvalue weighted by Crippen LogP contribution is 2.27. The van der Waals surface area contributed by atoms with Crippen LogP contribution in [0.2, 0.25) is 0 Å². The van der Waals surface area contributed by atoms with Crippen molar-refractivity contribution in [3.63, 3.8) is 0 Å². The van der Waals surface area contributed by atoms with E-state index < -0.39 is 12.1 Å².